The Hall–Kier alpha value is -0.520. The summed E-state index contributed by atoms with van der Waals surface area (Å²) < 4.78 is 11.4. The van der Waals surface area contributed by atoms with E-state index in [1.54, 1.807) is 7.11 Å². The number of amides is 1. The quantitative estimate of drug-likeness (QED) is 0.193. The minimum atomic E-state index is -0.176. The first-order valence-corrected chi connectivity index (χ1v) is 11.5. The van der Waals surface area contributed by atoms with Crippen LogP contribution in [0.3, 0.4) is 0 Å². The summed E-state index contributed by atoms with van der Waals surface area (Å²) in [5.41, 5.74) is 0. The van der Waals surface area contributed by atoms with Crippen molar-refractivity contribution >= 4 is 18.5 Å². The zero-order valence-electron chi connectivity index (χ0n) is 19.8. The van der Waals surface area contributed by atoms with Crippen molar-refractivity contribution < 1.29 is 14.3 Å². The zero-order chi connectivity index (χ0) is 22.1. The molecular weight excluding hydrogens is 370 g/mol. The highest BCUT2D eigenvalue weighted by Gasteiger charge is 2.30. The van der Waals surface area contributed by atoms with Crippen LogP contribution in [0.2, 0.25) is 0 Å². The topological polar surface area (TPSA) is 38.8 Å². The van der Waals surface area contributed by atoms with Gasteiger partial charge in [0.2, 0.25) is 5.91 Å². The fraction of sp³-hybridized carbons (Fsp3) is 0.870. The molecule has 28 heavy (non-hydrogen) atoms. The minimum absolute atomic E-state index is 0.0339. The van der Waals surface area contributed by atoms with E-state index in [0.717, 1.165) is 25.7 Å². The molecule has 168 valence electrons. The Labute approximate surface area is 180 Å². The Balaban J connectivity index is 0. The summed E-state index contributed by atoms with van der Waals surface area (Å²) in [6.07, 6.45) is 5.40. The molecule has 0 N–H and O–H groups in total. The Bertz CT molecular complexity index is 401. The molecule has 1 amide bonds. The van der Waals surface area contributed by atoms with Crippen molar-refractivity contribution in [1.29, 1.82) is 0 Å². The van der Waals surface area contributed by atoms with Crippen LogP contribution in [0.25, 0.3) is 0 Å². The monoisotopic (exact) mass is 417 g/mol. The lowest BCUT2D eigenvalue weighted by atomic mass is 9.95. The van der Waals surface area contributed by atoms with Crippen LogP contribution in [0.4, 0.5) is 0 Å². The molecule has 0 bridgehead atoms. The average molecular weight is 418 g/mol. The maximum atomic E-state index is 13.0. The van der Waals surface area contributed by atoms with Crippen LogP contribution >= 0.6 is 12.6 Å². The molecule has 0 aliphatic rings. The van der Waals surface area contributed by atoms with Gasteiger partial charge in [-0.25, -0.2) is 0 Å². The van der Waals surface area contributed by atoms with E-state index in [2.05, 4.69) is 53.8 Å². The second-order valence-electron chi connectivity index (χ2n) is 7.59. The summed E-state index contributed by atoms with van der Waals surface area (Å²) >= 11 is 4.36. The molecule has 0 fully saturated rings. The summed E-state index contributed by atoms with van der Waals surface area (Å²) in [4.78, 5) is 15.6. The molecule has 0 spiro atoms. The Morgan fingerprint density at radius 3 is 2.18 bits per heavy atom. The van der Waals surface area contributed by atoms with Crippen LogP contribution in [0.15, 0.2) is 11.5 Å². The average Bonchev–Trinajstić information content (AvgIpc) is 2.67. The molecule has 0 heterocycles. The van der Waals surface area contributed by atoms with Gasteiger partial charge in [-0.15, -0.1) is 12.6 Å². The normalized spacial score (nSPS) is 14.1. The molecule has 0 aliphatic carbocycles. The number of methoxy groups -OCH3 is 1. The number of unbranched alkanes of at least 4 members (excludes halogenated alkanes) is 2. The van der Waals surface area contributed by atoms with Crippen molar-refractivity contribution in [3.8, 4) is 0 Å². The molecule has 0 saturated heterocycles. The smallest absolute Gasteiger partial charge is 0.224 e. The van der Waals surface area contributed by atoms with E-state index < -0.39 is 0 Å². The molecule has 0 radical (unpaired) electrons. The van der Waals surface area contributed by atoms with Gasteiger partial charge in [0, 0.05) is 31.1 Å². The van der Waals surface area contributed by atoms with Gasteiger partial charge in [-0.05, 0) is 24.7 Å². The maximum Gasteiger partial charge on any atom is 0.224 e. The summed E-state index contributed by atoms with van der Waals surface area (Å²) in [6.45, 7) is 19.6. The number of rotatable bonds is 15. The zero-order valence-corrected chi connectivity index (χ0v) is 20.7. The van der Waals surface area contributed by atoms with Crippen LogP contribution in [0.1, 0.15) is 87.0 Å². The summed E-state index contributed by atoms with van der Waals surface area (Å²) in [6, 6.07) is 0.0339. The van der Waals surface area contributed by atoms with E-state index in [9.17, 15) is 4.79 Å². The number of ether oxygens (including phenoxy) is 2. The van der Waals surface area contributed by atoms with Gasteiger partial charge in [0.25, 0.3) is 0 Å². The fourth-order valence-corrected chi connectivity index (χ4v) is 3.09. The lowest BCUT2D eigenvalue weighted by molar-refractivity contribution is -0.143. The maximum absolute atomic E-state index is 13.0. The fourth-order valence-electron chi connectivity index (χ4n) is 2.88. The van der Waals surface area contributed by atoms with E-state index in [-0.39, 0.29) is 18.1 Å². The van der Waals surface area contributed by atoms with Gasteiger partial charge in [-0.2, -0.15) is 0 Å². The Morgan fingerprint density at radius 1 is 1.14 bits per heavy atom. The second kappa shape index (κ2) is 18.5. The minimum Gasteiger partial charge on any atom is -0.376 e. The molecule has 0 aliphatic heterocycles. The first kappa shape index (κ1) is 29.7. The van der Waals surface area contributed by atoms with E-state index in [0.29, 0.717) is 42.9 Å². The van der Waals surface area contributed by atoms with E-state index in [1.165, 1.54) is 0 Å². The molecule has 0 saturated carbocycles. The van der Waals surface area contributed by atoms with Crippen LogP contribution in [-0.2, 0) is 14.3 Å². The molecule has 0 aromatic heterocycles. The molecule has 0 aromatic carbocycles. The van der Waals surface area contributed by atoms with Crippen molar-refractivity contribution in [2.24, 2.45) is 11.8 Å². The van der Waals surface area contributed by atoms with Gasteiger partial charge < -0.3 is 14.4 Å². The van der Waals surface area contributed by atoms with Crippen molar-refractivity contribution in [1.82, 2.24) is 4.90 Å². The summed E-state index contributed by atoms with van der Waals surface area (Å²) in [5.74, 6) is 0.824. The predicted molar refractivity (Wildman–Crippen MR) is 125 cm³/mol. The molecule has 5 heteroatoms. The highest BCUT2D eigenvalue weighted by atomic mass is 32.1. The van der Waals surface area contributed by atoms with Gasteiger partial charge in [0.05, 0.1) is 6.10 Å². The molecule has 3 atom stereocenters. The van der Waals surface area contributed by atoms with Crippen LogP contribution in [-0.4, -0.2) is 43.4 Å². The summed E-state index contributed by atoms with van der Waals surface area (Å²) in [5, 5.41) is 0. The second-order valence-corrected chi connectivity index (χ2v) is 8.16. The standard InChI is InChI=1S/C21H41NO3S.C2H6/c1-8-10-11-12-25-15-22(21(23)13-17(5)9-2)19(16(3)4)14-20(24-7)18(6)26;1-2/h16-17,19-20,26H,6,8-15H2,1-5,7H3;1-2H3/t17-,19?,20?;/m0./s1. The van der Waals surface area contributed by atoms with E-state index in [4.69, 9.17) is 9.47 Å². The SMILES string of the molecule is C=C(S)C(CC(C(C)C)N(COCCCCC)C(=O)C[C@@H](C)CC)OC.CC. The van der Waals surface area contributed by atoms with Gasteiger partial charge in [0.1, 0.15) is 6.73 Å². The lowest BCUT2D eigenvalue weighted by Crippen LogP contribution is -2.47. The van der Waals surface area contributed by atoms with Crippen molar-refractivity contribution in [2.75, 3.05) is 20.4 Å². The van der Waals surface area contributed by atoms with Gasteiger partial charge in [0.15, 0.2) is 0 Å². The molecule has 4 nitrogen and oxygen atoms in total. The van der Waals surface area contributed by atoms with Crippen LogP contribution in [0.5, 0.6) is 0 Å². The largest absolute Gasteiger partial charge is 0.376 e. The molecular formula is C23H47NO3S. The first-order valence-electron chi connectivity index (χ1n) is 11.1. The number of carbonyl (C=O) groups is 1. The third-order valence-electron chi connectivity index (χ3n) is 4.94. The highest BCUT2D eigenvalue weighted by Crippen LogP contribution is 2.24. The number of hydrogen-bond donors (Lipinski definition) is 1. The van der Waals surface area contributed by atoms with Crippen molar-refractivity contribution in [2.45, 2.75) is 99.1 Å². The van der Waals surface area contributed by atoms with Crippen LogP contribution in [0, 0.1) is 11.8 Å². The lowest BCUT2D eigenvalue weighted by Gasteiger charge is -2.36. The van der Waals surface area contributed by atoms with E-state index >= 15 is 0 Å². The Kier molecular flexibility index (Phi) is 19.6. The molecule has 2 unspecified atom stereocenters. The number of hydrogen-bond acceptors (Lipinski definition) is 4. The third-order valence-corrected chi connectivity index (χ3v) is 5.23. The van der Waals surface area contributed by atoms with Crippen LogP contribution < -0.4 is 0 Å². The first-order chi connectivity index (χ1) is 13.3. The number of nitrogens with zero attached hydrogens (tertiary/aromatic N) is 1. The van der Waals surface area contributed by atoms with E-state index in [1.807, 2.05) is 18.7 Å². The number of thiol groups is 1. The number of carbonyl (C=O) groups excluding carboxylic acids is 1. The Morgan fingerprint density at radius 2 is 1.75 bits per heavy atom. The molecule has 0 aromatic rings. The van der Waals surface area contributed by atoms with Gasteiger partial charge >= 0.3 is 0 Å². The van der Waals surface area contributed by atoms with Gasteiger partial charge in [-0.1, -0.05) is 74.3 Å². The third kappa shape index (κ3) is 12.8. The highest BCUT2D eigenvalue weighted by molar-refractivity contribution is 7.84. The summed E-state index contributed by atoms with van der Waals surface area (Å²) in [7, 11) is 1.66. The van der Waals surface area contributed by atoms with Crippen molar-refractivity contribution in [3.63, 3.8) is 0 Å². The predicted octanol–water partition coefficient (Wildman–Crippen LogP) is 6.31. The van der Waals surface area contributed by atoms with Crippen molar-refractivity contribution in [3.05, 3.63) is 11.5 Å². The van der Waals surface area contributed by atoms with Gasteiger partial charge in [-0.3, -0.25) is 4.79 Å². The molecule has 0 rings (SSSR count).